The molecule has 1 aromatic heterocycles. The zero-order chi connectivity index (χ0) is 22.5. The largest absolute Gasteiger partial charge is 0.424 e. The predicted octanol–water partition coefficient (Wildman–Crippen LogP) is 5.43. The van der Waals surface area contributed by atoms with Crippen molar-refractivity contribution in [1.29, 1.82) is 0 Å². The van der Waals surface area contributed by atoms with E-state index >= 15 is 0 Å². The second kappa shape index (κ2) is 10.4. The highest BCUT2D eigenvalue weighted by Crippen LogP contribution is 2.22. The average molecular weight is 455 g/mol. The molecule has 3 aromatic rings. The molecular formula is C25H31ClN4O2. The van der Waals surface area contributed by atoms with E-state index in [1.54, 1.807) is 0 Å². The van der Waals surface area contributed by atoms with Gasteiger partial charge >= 0.3 is 0 Å². The monoisotopic (exact) mass is 454 g/mol. The number of halogens is 1. The highest BCUT2D eigenvalue weighted by molar-refractivity contribution is 6.30. The second-order valence-electron chi connectivity index (χ2n) is 8.68. The molecule has 1 saturated heterocycles. The quantitative estimate of drug-likeness (QED) is 0.467. The summed E-state index contributed by atoms with van der Waals surface area (Å²) in [5, 5.41) is 3.88. The van der Waals surface area contributed by atoms with Crippen LogP contribution in [0, 0.1) is 0 Å². The molecular weight excluding hydrogens is 424 g/mol. The zero-order valence-corrected chi connectivity index (χ0v) is 19.6. The first-order valence-electron chi connectivity index (χ1n) is 11.4. The first-order chi connectivity index (χ1) is 15.5. The number of nitrogens with one attached hydrogen (secondary N) is 1. The highest BCUT2D eigenvalue weighted by atomic mass is 35.5. The third-order valence-electron chi connectivity index (χ3n) is 5.92. The van der Waals surface area contributed by atoms with Crippen molar-refractivity contribution in [3.05, 3.63) is 58.6 Å². The molecule has 170 valence electrons. The van der Waals surface area contributed by atoms with Crippen LogP contribution in [0.1, 0.15) is 49.0 Å². The van der Waals surface area contributed by atoms with Gasteiger partial charge in [0.1, 0.15) is 5.52 Å². The van der Waals surface area contributed by atoms with Gasteiger partial charge in [-0.2, -0.15) is 4.98 Å². The standard InChI is InChI=1S/C25H31ClN4O2/c1-18(2)30(14-6-13-29-11-3-4-12-29)24(31)20-9-10-23-22(16-20)28-25(32-23)27-17-19-7-5-8-21(26)15-19/h5,7-10,15-16,18H,3-4,6,11-14,17H2,1-2H3,(H,27,28). The second-order valence-corrected chi connectivity index (χ2v) is 9.12. The maximum absolute atomic E-state index is 13.2. The Bertz CT molecular complexity index is 1060. The van der Waals surface area contributed by atoms with Crippen molar-refractivity contribution in [1.82, 2.24) is 14.8 Å². The number of hydrogen-bond donors (Lipinski definition) is 1. The van der Waals surface area contributed by atoms with E-state index in [1.807, 2.05) is 47.4 Å². The molecule has 2 aromatic carbocycles. The van der Waals surface area contributed by atoms with Gasteiger partial charge in [-0.3, -0.25) is 4.79 Å². The molecule has 0 bridgehead atoms. The van der Waals surface area contributed by atoms with Crippen molar-refractivity contribution in [3.8, 4) is 0 Å². The lowest BCUT2D eigenvalue weighted by Crippen LogP contribution is -2.39. The number of nitrogens with zero attached hydrogens (tertiary/aromatic N) is 3. The average Bonchev–Trinajstić information content (AvgIpc) is 3.43. The maximum atomic E-state index is 13.2. The molecule has 0 atom stereocenters. The first-order valence-corrected chi connectivity index (χ1v) is 11.8. The van der Waals surface area contributed by atoms with Gasteiger partial charge in [-0.15, -0.1) is 0 Å². The van der Waals surface area contributed by atoms with Crippen molar-refractivity contribution in [2.75, 3.05) is 31.5 Å². The molecule has 32 heavy (non-hydrogen) atoms. The molecule has 0 spiro atoms. The zero-order valence-electron chi connectivity index (χ0n) is 18.8. The molecule has 0 unspecified atom stereocenters. The molecule has 1 aliphatic rings. The van der Waals surface area contributed by atoms with Gasteiger partial charge in [-0.05, 0) is 88.6 Å². The fourth-order valence-corrected chi connectivity index (χ4v) is 4.40. The normalized spacial score (nSPS) is 14.4. The Morgan fingerprint density at radius 2 is 2.03 bits per heavy atom. The number of fused-ring (bicyclic) bond motifs is 1. The predicted molar refractivity (Wildman–Crippen MR) is 129 cm³/mol. The number of oxazole rings is 1. The number of hydrogen-bond acceptors (Lipinski definition) is 5. The minimum Gasteiger partial charge on any atom is -0.424 e. The van der Waals surface area contributed by atoms with Crippen LogP contribution < -0.4 is 5.32 Å². The topological polar surface area (TPSA) is 61.6 Å². The molecule has 0 aliphatic carbocycles. The van der Waals surface area contributed by atoms with Crippen LogP contribution in [-0.4, -0.2) is 52.9 Å². The van der Waals surface area contributed by atoms with Crippen LogP contribution in [0.15, 0.2) is 46.9 Å². The van der Waals surface area contributed by atoms with Crippen LogP contribution >= 0.6 is 11.6 Å². The van der Waals surface area contributed by atoms with E-state index in [0.29, 0.717) is 34.2 Å². The Kier molecular flexibility index (Phi) is 7.33. The summed E-state index contributed by atoms with van der Waals surface area (Å²) in [6.45, 7) is 8.88. The molecule has 1 amide bonds. The number of anilines is 1. The maximum Gasteiger partial charge on any atom is 0.295 e. The molecule has 0 saturated carbocycles. The lowest BCUT2D eigenvalue weighted by atomic mass is 10.1. The molecule has 1 N–H and O–H groups in total. The van der Waals surface area contributed by atoms with Crippen LogP contribution in [0.4, 0.5) is 6.01 Å². The number of rotatable bonds is 9. The third kappa shape index (κ3) is 5.61. The summed E-state index contributed by atoms with van der Waals surface area (Å²) in [6, 6.07) is 13.7. The van der Waals surface area contributed by atoms with Crippen molar-refractivity contribution in [3.63, 3.8) is 0 Å². The van der Waals surface area contributed by atoms with E-state index in [4.69, 9.17) is 16.0 Å². The number of aromatic nitrogens is 1. The minimum atomic E-state index is 0.0414. The SMILES string of the molecule is CC(C)N(CCCN1CCCC1)C(=O)c1ccc2oc(NCc3cccc(Cl)c3)nc2c1. The Labute approximate surface area is 194 Å². The van der Waals surface area contributed by atoms with Gasteiger partial charge < -0.3 is 19.5 Å². The molecule has 6 nitrogen and oxygen atoms in total. The van der Waals surface area contributed by atoms with E-state index in [9.17, 15) is 4.79 Å². The molecule has 0 radical (unpaired) electrons. The summed E-state index contributed by atoms with van der Waals surface area (Å²) in [5.74, 6) is 0.0414. The van der Waals surface area contributed by atoms with E-state index in [0.717, 1.165) is 25.1 Å². The van der Waals surface area contributed by atoms with Crippen molar-refractivity contribution in [2.45, 2.75) is 45.7 Å². The van der Waals surface area contributed by atoms with Gasteiger partial charge in [-0.25, -0.2) is 0 Å². The Morgan fingerprint density at radius 1 is 1.22 bits per heavy atom. The lowest BCUT2D eigenvalue weighted by molar-refractivity contribution is 0.0698. The number of likely N-dealkylation sites (tertiary alicyclic amines) is 1. The van der Waals surface area contributed by atoms with Crippen LogP contribution in [0.2, 0.25) is 5.02 Å². The summed E-state index contributed by atoms with van der Waals surface area (Å²) in [7, 11) is 0. The lowest BCUT2D eigenvalue weighted by Gasteiger charge is -2.28. The fourth-order valence-electron chi connectivity index (χ4n) is 4.19. The Hall–Kier alpha value is -2.57. The fraction of sp³-hybridized carbons (Fsp3) is 0.440. The summed E-state index contributed by atoms with van der Waals surface area (Å²) in [4.78, 5) is 22.2. The van der Waals surface area contributed by atoms with E-state index in [2.05, 4.69) is 29.0 Å². The van der Waals surface area contributed by atoms with Gasteiger partial charge in [0.05, 0.1) is 0 Å². The number of carbonyl (C=O) groups is 1. The summed E-state index contributed by atoms with van der Waals surface area (Å²) in [5.41, 5.74) is 3.00. The smallest absolute Gasteiger partial charge is 0.295 e. The van der Waals surface area contributed by atoms with Crippen LogP contribution in [0.25, 0.3) is 11.1 Å². The molecule has 1 fully saturated rings. The summed E-state index contributed by atoms with van der Waals surface area (Å²) >= 11 is 6.05. The van der Waals surface area contributed by atoms with E-state index in [1.165, 1.54) is 25.9 Å². The van der Waals surface area contributed by atoms with Gasteiger partial charge in [0.2, 0.25) is 0 Å². The van der Waals surface area contributed by atoms with Crippen LogP contribution in [0.5, 0.6) is 0 Å². The van der Waals surface area contributed by atoms with E-state index < -0.39 is 0 Å². The number of amides is 1. The third-order valence-corrected chi connectivity index (χ3v) is 6.16. The van der Waals surface area contributed by atoms with Crippen molar-refractivity contribution in [2.24, 2.45) is 0 Å². The molecule has 2 heterocycles. The molecule has 1 aliphatic heterocycles. The van der Waals surface area contributed by atoms with E-state index in [-0.39, 0.29) is 11.9 Å². The summed E-state index contributed by atoms with van der Waals surface area (Å²) in [6.07, 6.45) is 3.58. The first kappa shape index (κ1) is 22.6. The number of carbonyl (C=O) groups excluding carboxylic acids is 1. The van der Waals surface area contributed by atoms with Crippen LogP contribution in [-0.2, 0) is 6.54 Å². The van der Waals surface area contributed by atoms with Gasteiger partial charge in [0.15, 0.2) is 5.58 Å². The van der Waals surface area contributed by atoms with Crippen LogP contribution in [0.3, 0.4) is 0 Å². The summed E-state index contributed by atoms with van der Waals surface area (Å²) < 4.78 is 5.80. The molecule has 7 heteroatoms. The number of benzene rings is 2. The van der Waals surface area contributed by atoms with Crippen molar-refractivity contribution < 1.29 is 9.21 Å². The van der Waals surface area contributed by atoms with Gasteiger partial charge in [0, 0.05) is 29.7 Å². The highest BCUT2D eigenvalue weighted by Gasteiger charge is 2.20. The van der Waals surface area contributed by atoms with Gasteiger partial charge in [0.25, 0.3) is 11.9 Å². The van der Waals surface area contributed by atoms with Gasteiger partial charge in [-0.1, -0.05) is 23.7 Å². The Balaban J connectivity index is 1.41. The minimum absolute atomic E-state index is 0.0414. The molecule has 4 rings (SSSR count). The Morgan fingerprint density at radius 3 is 2.78 bits per heavy atom. The van der Waals surface area contributed by atoms with Crippen molar-refractivity contribution >= 4 is 34.6 Å².